The first kappa shape index (κ1) is 24.1. The SMILES string of the molecule is Cc1ccc(NC(=O)CN2C(=O)S/C(=C/c3ccccc3OCCOc3ccccc3)C2=O)cc1. The molecule has 0 unspecified atom stereocenters. The zero-order valence-corrected chi connectivity index (χ0v) is 19.9. The van der Waals surface area contributed by atoms with Crippen molar-refractivity contribution >= 4 is 40.6 Å². The van der Waals surface area contributed by atoms with Gasteiger partial charge < -0.3 is 14.8 Å². The molecule has 4 rings (SSSR count). The molecule has 0 aromatic heterocycles. The first-order valence-electron chi connectivity index (χ1n) is 11.0. The zero-order valence-electron chi connectivity index (χ0n) is 19.1. The molecule has 178 valence electrons. The molecule has 3 aromatic rings. The van der Waals surface area contributed by atoms with Crippen LogP contribution in [0.5, 0.6) is 11.5 Å². The van der Waals surface area contributed by atoms with Gasteiger partial charge in [-0.1, -0.05) is 54.1 Å². The summed E-state index contributed by atoms with van der Waals surface area (Å²) in [4.78, 5) is 38.9. The average Bonchev–Trinajstić information content (AvgIpc) is 3.12. The molecule has 1 heterocycles. The molecule has 0 atom stereocenters. The Hall–Kier alpha value is -4.04. The van der Waals surface area contributed by atoms with Crippen molar-refractivity contribution in [2.24, 2.45) is 0 Å². The molecule has 3 amide bonds. The Morgan fingerprint density at radius 2 is 1.60 bits per heavy atom. The smallest absolute Gasteiger partial charge is 0.294 e. The lowest BCUT2D eigenvalue weighted by Gasteiger charge is -2.13. The number of ether oxygens (including phenoxy) is 2. The molecule has 35 heavy (non-hydrogen) atoms. The van der Waals surface area contributed by atoms with Crippen LogP contribution in [-0.2, 0) is 9.59 Å². The maximum atomic E-state index is 12.9. The van der Waals surface area contributed by atoms with E-state index in [0.717, 1.165) is 28.0 Å². The predicted octanol–water partition coefficient (Wildman–Crippen LogP) is 5.13. The third-order valence-electron chi connectivity index (χ3n) is 5.07. The maximum absolute atomic E-state index is 12.9. The van der Waals surface area contributed by atoms with Crippen LogP contribution in [0.4, 0.5) is 10.5 Å². The van der Waals surface area contributed by atoms with E-state index in [1.807, 2.05) is 61.5 Å². The highest BCUT2D eigenvalue weighted by Gasteiger charge is 2.36. The third kappa shape index (κ3) is 6.51. The number of carbonyl (C=O) groups excluding carboxylic acids is 3. The van der Waals surface area contributed by atoms with Crippen LogP contribution in [0.25, 0.3) is 6.08 Å². The summed E-state index contributed by atoms with van der Waals surface area (Å²) < 4.78 is 11.5. The van der Waals surface area contributed by atoms with Crippen molar-refractivity contribution in [1.82, 2.24) is 4.90 Å². The van der Waals surface area contributed by atoms with E-state index in [9.17, 15) is 14.4 Å². The van der Waals surface area contributed by atoms with E-state index in [-0.39, 0.29) is 11.4 Å². The number of thioether (sulfide) groups is 1. The lowest BCUT2D eigenvalue weighted by atomic mass is 10.2. The molecule has 0 aliphatic carbocycles. The number of imide groups is 1. The fourth-order valence-corrected chi connectivity index (χ4v) is 4.15. The lowest BCUT2D eigenvalue weighted by Crippen LogP contribution is -2.36. The second kappa shape index (κ2) is 11.4. The van der Waals surface area contributed by atoms with E-state index in [4.69, 9.17) is 9.47 Å². The number of amides is 3. The van der Waals surface area contributed by atoms with Gasteiger partial charge in [-0.05, 0) is 55.1 Å². The molecule has 1 saturated heterocycles. The van der Waals surface area contributed by atoms with E-state index in [1.165, 1.54) is 0 Å². The van der Waals surface area contributed by atoms with Gasteiger partial charge in [0.2, 0.25) is 5.91 Å². The normalized spacial score (nSPS) is 14.3. The van der Waals surface area contributed by atoms with E-state index in [2.05, 4.69) is 5.32 Å². The second-order valence-corrected chi connectivity index (χ2v) is 8.72. The van der Waals surface area contributed by atoms with Crippen LogP contribution >= 0.6 is 11.8 Å². The van der Waals surface area contributed by atoms with E-state index < -0.39 is 17.1 Å². The quantitative estimate of drug-likeness (QED) is 0.332. The summed E-state index contributed by atoms with van der Waals surface area (Å²) in [6, 6.07) is 23.9. The van der Waals surface area contributed by atoms with Crippen LogP contribution < -0.4 is 14.8 Å². The van der Waals surface area contributed by atoms with Crippen LogP contribution in [0.1, 0.15) is 11.1 Å². The van der Waals surface area contributed by atoms with Crippen molar-refractivity contribution in [1.29, 1.82) is 0 Å². The minimum Gasteiger partial charge on any atom is -0.490 e. The summed E-state index contributed by atoms with van der Waals surface area (Å²) in [6.45, 7) is 2.25. The number of nitrogens with one attached hydrogen (secondary N) is 1. The van der Waals surface area contributed by atoms with Crippen LogP contribution in [0.3, 0.4) is 0 Å². The van der Waals surface area contributed by atoms with Gasteiger partial charge in [-0.2, -0.15) is 0 Å². The number of carbonyl (C=O) groups is 3. The Morgan fingerprint density at radius 3 is 2.37 bits per heavy atom. The van der Waals surface area contributed by atoms with Crippen molar-refractivity contribution in [3.63, 3.8) is 0 Å². The predicted molar refractivity (Wildman–Crippen MR) is 136 cm³/mol. The monoisotopic (exact) mass is 488 g/mol. The van der Waals surface area contributed by atoms with Gasteiger partial charge in [0.15, 0.2) is 0 Å². The van der Waals surface area contributed by atoms with Crippen molar-refractivity contribution in [2.75, 3.05) is 25.1 Å². The second-order valence-electron chi connectivity index (χ2n) is 7.73. The summed E-state index contributed by atoms with van der Waals surface area (Å²) in [5.41, 5.74) is 2.32. The molecule has 1 N–H and O–H groups in total. The van der Waals surface area contributed by atoms with Gasteiger partial charge in [0.1, 0.15) is 31.3 Å². The molecule has 7 nitrogen and oxygen atoms in total. The maximum Gasteiger partial charge on any atom is 0.294 e. The van der Waals surface area contributed by atoms with Gasteiger partial charge in [0, 0.05) is 11.3 Å². The van der Waals surface area contributed by atoms with Gasteiger partial charge in [-0.3, -0.25) is 19.3 Å². The van der Waals surface area contributed by atoms with Crippen molar-refractivity contribution < 1.29 is 23.9 Å². The number of hydrogen-bond acceptors (Lipinski definition) is 6. The summed E-state index contributed by atoms with van der Waals surface area (Å²) in [5.74, 6) is 0.360. The Balaban J connectivity index is 1.37. The number of aryl methyl sites for hydroxylation is 1. The lowest BCUT2D eigenvalue weighted by molar-refractivity contribution is -0.127. The Morgan fingerprint density at radius 1 is 0.914 bits per heavy atom. The summed E-state index contributed by atoms with van der Waals surface area (Å²) in [6.07, 6.45) is 1.61. The van der Waals surface area contributed by atoms with Crippen LogP contribution in [-0.4, -0.2) is 41.7 Å². The van der Waals surface area contributed by atoms with Gasteiger partial charge in [-0.15, -0.1) is 0 Å². The minimum absolute atomic E-state index is 0.231. The van der Waals surface area contributed by atoms with Gasteiger partial charge in [-0.25, -0.2) is 0 Å². The zero-order chi connectivity index (χ0) is 24.6. The van der Waals surface area contributed by atoms with Crippen LogP contribution in [0, 0.1) is 6.92 Å². The molecule has 0 spiro atoms. The Kier molecular flexibility index (Phi) is 7.84. The highest BCUT2D eigenvalue weighted by molar-refractivity contribution is 8.18. The number of rotatable bonds is 9. The third-order valence-corrected chi connectivity index (χ3v) is 5.98. The Bertz CT molecular complexity index is 1240. The number of anilines is 1. The van der Waals surface area contributed by atoms with E-state index in [0.29, 0.717) is 30.2 Å². The topological polar surface area (TPSA) is 84.9 Å². The summed E-state index contributed by atoms with van der Waals surface area (Å²) in [7, 11) is 0. The highest BCUT2D eigenvalue weighted by Crippen LogP contribution is 2.34. The number of nitrogens with zero attached hydrogens (tertiary/aromatic N) is 1. The molecule has 1 aliphatic rings. The number of hydrogen-bond donors (Lipinski definition) is 1. The largest absolute Gasteiger partial charge is 0.490 e. The van der Waals surface area contributed by atoms with E-state index in [1.54, 1.807) is 30.3 Å². The first-order valence-corrected chi connectivity index (χ1v) is 11.8. The van der Waals surface area contributed by atoms with Gasteiger partial charge in [0.25, 0.3) is 11.1 Å². The molecule has 1 fully saturated rings. The molecule has 8 heteroatoms. The fraction of sp³-hybridized carbons (Fsp3) is 0.148. The molecule has 0 radical (unpaired) electrons. The van der Waals surface area contributed by atoms with Gasteiger partial charge >= 0.3 is 0 Å². The van der Waals surface area contributed by atoms with Gasteiger partial charge in [0.05, 0.1) is 4.91 Å². The minimum atomic E-state index is -0.513. The standard InChI is InChI=1S/C27H24N2O5S/c1-19-11-13-21(14-12-19)28-25(30)18-29-26(31)24(35-27(29)32)17-20-7-5-6-10-23(20)34-16-15-33-22-8-3-2-4-9-22/h2-14,17H,15-16,18H2,1H3,(H,28,30)/b24-17+. The van der Waals surface area contributed by atoms with Crippen molar-refractivity contribution in [3.05, 3.63) is 94.9 Å². The summed E-state index contributed by atoms with van der Waals surface area (Å²) in [5, 5.41) is 2.21. The fourth-order valence-electron chi connectivity index (χ4n) is 3.32. The first-order chi connectivity index (χ1) is 17.0. The number of benzene rings is 3. The van der Waals surface area contributed by atoms with Crippen molar-refractivity contribution in [3.8, 4) is 11.5 Å². The molecule has 3 aromatic carbocycles. The van der Waals surface area contributed by atoms with E-state index >= 15 is 0 Å². The summed E-state index contributed by atoms with van der Waals surface area (Å²) >= 11 is 0.799. The highest BCUT2D eigenvalue weighted by atomic mass is 32.2. The Labute approximate surface area is 207 Å². The molecule has 0 bridgehead atoms. The molecular weight excluding hydrogens is 464 g/mol. The molecule has 0 saturated carbocycles. The number of para-hydroxylation sites is 2. The van der Waals surface area contributed by atoms with Crippen LogP contribution in [0.15, 0.2) is 83.8 Å². The molecule has 1 aliphatic heterocycles. The van der Waals surface area contributed by atoms with Crippen LogP contribution in [0.2, 0.25) is 0 Å². The average molecular weight is 489 g/mol. The molecular formula is C27H24N2O5S. The van der Waals surface area contributed by atoms with Crippen molar-refractivity contribution in [2.45, 2.75) is 6.92 Å².